The molecule has 1 aromatic heterocycles. The standard InChI is InChI=1S/C12H12BrN3/c1-2-8-7-11(14)16-12(15-8)9-5-3-4-6-10(9)13/h3-7H,2H2,1H3,(H2,14,15,16). The van der Waals surface area contributed by atoms with Crippen LogP contribution in [0.15, 0.2) is 34.8 Å². The summed E-state index contributed by atoms with van der Waals surface area (Å²) in [6.45, 7) is 2.05. The predicted molar refractivity (Wildman–Crippen MR) is 69.0 cm³/mol. The van der Waals surface area contributed by atoms with Crippen LogP contribution in [-0.2, 0) is 6.42 Å². The van der Waals surface area contributed by atoms with Gasteiger partial charge in [0.15, 0.2) is 5.82 Å². The van der Waals surface area contributed by atoms with Gasteiger partial charge in [0, 0.05) is 21.8 Å². The van der Waals surface area contributed by atoms with Gasteiger partial charge < -0.3 is 5.73 Å². The number of anilines is 1. The predicted octanol–water partition coefficient (Wildman–Crippen LogP) is 3.05. The van der Waals surface area contributed by atoms with E-state index < -0.39 is 0 Å². The van der Waals surface area contributed by atoms with Crippen LogP contribution < -0.4 is 5.73 Å². The second kappa shape index (κ2) is 4.61. The van der Waals surface area contributed by atoms with Crippen molar-refractivity contribution in [3.8, 4) is 11.4 Å². The van der Waals surface area contributed by atoms with Crippen molar-refractivity contribution in [2.24, 2.45) is 0 Å². The van der Waals surface area contributed by atoms with Crippen LogP contribution in [-0.4, -0.2) is 9.97 Å². The fraction of sp³-hybridized carbons (Fsp3) is 0.167. The van der Waals surface area contributed by atoms with Gasteiger partial charge in [0.25, 0.3) is 0 Å². The minimum atomic E-state index is 0.512. The van der Waals surface area contributed by atoms with Crippen molar-refractivity contribution in [1.29, 1.82) is 0 Å². The van der Waals surface area contributed by atoms with E-state index in [1.807, 2.05) is 31.2 Å². The number of aryl methyl sites for hydroxylation is 1. The van der Waals surface area contributed by atoms with Crippen LogP contribution in [0.4, 0.5) is 5.82 Å². The van der Waals surface area contributed by atoms with Crippen LogP contribution in [0.2, 0.25) is 0 Å². The van der Waals surface area contributed by atoms with Gasteiger partial charge >= 0.3 is 0 Å². The molecule has 0 amide bonds. The van der Waals surface area contributed by atoms with Crippen molar-refractivity contribution in [2.75, 3.05) is 5.73 Å². The minimum absolute atomic E-state index is 0.512. The fourth-order valence-corrected chi connectivity index (χ4v) is 1.92. The number of nitrogens with two attached hydrogens (primary N) is 1. The van der Waals surface area contributed by atoms with Crippen LogP contribution in [0.1, 0.15) is 12.6 Å². The smallest absolute Gasteiger partial charge is 0.162 e. The third-order valence-electron chi connectivity index (χ3n) is 2.28. The zero-order chi connectivity index (χ0) is 11.5. The summed E-state index contributed by atoms with van der Waals surface area (Å²) in [6.07, 6.45) is 0.851. The van der Waals surface area contributed by atoms with E-state index in [2.05, 4.69) is 25.9 Å². The molecule has 82 valence electrons. The molecule has 0 unspecified atom stereocenters. The van der Waals surface area contributed by atoms with Gasteiger partial charge in [-0.15, -0.1) is 0 Å². The van der Waals surface area contributed by atoms with Gasteiger partial charge in [0.2, 0.25) is 0 Å². The largest absolute Gasteiger partial charge is 0.384 e. The second-order valence-corrected chi connectivity index (χ2v) is 4.30. The first-order valence-corrected chi connectivity index (χ1v) is 5.88. The molecule has 1 aromatic carbocycles. The third-order valence-corrected chi connectivity index (χ3v) is 2.97. The number of benzene rings is 1. The van der Waals surface area contributed by atoms with Gasteiger partial charge in [0.1, 0.15) is 5.82 Å². The quantitative estimate of drug-likeness (QED) is 0.918. The summed E-state index contributed by atoms with van der Waals surface area (Å²) in [7, 11) is 0. The normalized spacial score (nSPS) is 10.4. The van der Waals surface area contributed by atoms with Gasteiger partial charge in [-0.3, -0.25) is 0 Å². The van der Waals surface area contributed by atoms with E-state index in [0.717, 1.165) is 22.2 Å². The van der Waals surface area contributed by atoms with Gasteiger partial charge in [0.05, 0.1) is 0 Å². The monoisotopic (exact) mass is 277 g/mol. The first-order chi connectivity index (χ1) is 7.70. The van der Waals surface area contributed by atoms with E-state index in [0.29, 0.717) is 11.6 Å². The maximum Gasteiger partial charge on any atom is 0.162 e. The summed E-state index contributed by atoms with van der Waals surface area (Å²) in [5.74, 6) is 1.18. The Morgan fingerprint density at radius 2 is 2.00 bits per heavy atom. The van der Waals surface area contributed by atoms with Crippen molar-refractivity contribution in [1.82, 2.24) is 9.97 Å². The van der Waals surface area contributed by atoms with Crippen molar-refractivity contribution < 1.29 is 0 Å². The van der Waals surface area contributed by atoms with E-state index in [9.17, 15) is 0 Å². The molecule has 1 heterocycles. The first kappa shape index (κ1) is 11.1. The van der Waals surface area contributed by atoms with Crippen LogP contribution in [0.5, 0.6) is 0 Å². The topological polar surface area (TPSA) is 51.8 Å². The molecule has 16 heavy (non-hydrogen) atoms. The molecule has 2 rings (SSSR count). The molecule has 0 aliphatic carbocycles. The SMILES string of the molecule is CCc1cc(N)nc(-c2ccccc2Br)n1. The Morgan fingerprint density at radius 1 is 1.25 bits per heavy atom. The Bertz CT molecular complexity index is 511. The zero-order valence-electron chi connectivity index (χ0n) is 8.94. The molecule has 0 radical (unpaired) electrons. The number of halogens is 1. The molecule has 0 aliphatic heterocycles. The lowest BCUT2D eigenvalue weighted by Gasteiger charge is -2.05. The van der Waals surface area contributed by atoms with Gasteiger partial charge in [-0.25, -0.2) is 9.97 Å². The lowest BCUT2D eigenvalue weighted by atomic mass is 10.2. The van der Waals surface area contributed by atoms with E-state index >= 15 is 0 Å². The summed E-state index contributed by atoms with van der Waals surface area (Å²) < 4.78 is 0.975. The average Bonchev–Trinajstić information content (AvgIpc) is 2.28. The summed E-state index contributed by atoms with van der Waals surface area (Å²) in [4.78, 5) is 8.71. The van der Waals surface area contributed by atoms with Crippen LogP contribution in [0.3, 0.4) is 0 Å². The summed E-state index contributed by atoms with van der Waals surface area (Å²) in [6, 6.07) is 9.66. The Morgan fingerprint density at radius 3 is 2.69 bits per heavy atom. The molecule has 0 saturated carbocycles. The maximum atomic E-state index is 5.76. The molecule has 0 spiro atoms. The lowest BCUT2D eigenvalue weighted by molar-refractivity contribution is 1.01. The Kier molecular flexibility index (Phi) is 3.19. The second-order valence-electron chi connectivity index (χ2n) is 3.44. The summed E-state index contributed by atoms with van der Waals surface area (Å²) in [5, 5.41) is 0. The highest BCUT2D eigenvalue weighted by molar-refractivity contribution is 9.10. The molecular weight excluding hydrogens is 266 g/mol. The maximum absolute atomic E-state index is 5.76. The third kappa shape index (κ3) is 2.22. The average molecular weight is 278 g/mol. The van der Waals surface area contributed by atoms with Crippen molar-refractivity contribution in [2.45, 2.75) is 13.3 Å². The van der Waals surface area contributed by atoms with Gasteiger partial charge in [-0.05, 0) is 12.5 Å². The van der Waals surface area contributed by atoms with Gasteiger partial charge in [-0.2, -0.15) is 0 Å². The molecule has 0 fully saturated rings. The molecule has 3 nitrogen and oxygen atoms in total. The number of rotatable bonds is 2. The molecule has 0 bridgehead atoms. The minimum Gasteiger partial charge on any atom is -0.384 e. The summed E-state index contributed by atoms with van der Waals surface area (Å²) >= 11 is 3.48. The molecule has 2 aromatic rings. The number of hydrogen-bond donors (Lipinski definition) is 1. The molecule has 4 heteroatoms. The van der Waals surface area contributed by atoms with E-state index in [1.54, 1.807) is 6.07 Å². The molecule has 0 atom stereocenters. The molecule has 2 N–H and O–H groups in total. The lowest BCUT2D eigenvalue weighted by Crippen LogP contribution is -1.99. The summed E-state index contributed by atoms with van der Waals surface area (Å²) in [5.41, 5.74) is 7.68. The Balaban J connectivity index is 2.56. The highest BCUT2D eigenvalue weighted by atomic mass is 79.9. The van der Waals surface area contributed by atoms with Gasteiger partial charge in [-0.1, -0.05) is 41.1 Å². The van der Waals surface area contributed by atoms with Crippen molar-refractivity contribution in [3.63, 3.8) is 0 Å². The van der Waals surface area contributed by atoms with Crippen LogP contribution in [0, 0.1) is 0 Å². The molecule has 0 aliphatic rings. The first-order valence-electron chi connectivity index (χ1n) is 5.09. The Hall–Kier alpha value is -1.42. The van der Waals surface area contributed by atoms with E-state index in [4.69, 9.17) is 5.73 Å². The number of nitrogen functional groups attached to an aromatic ring is 1. The van der Waals surface area contributed by atoms with E-state index in [1.165, 1.54) is 0 Å². The zero-order valence-corrected chi connectivity index (χ0v) is 10.5. The number of nitrogens with zero attached hydrogens (tertiary/aromatic N) is 2. The van der Waals surface area contributed by atoms with Crippen LogP contribution >= 0.6 is 15.9 Å². The van der Waals surface area contributed by atoms with Crippen molar-refractivity contribution >= 4 is 21.7 Å². The fourth-order valence-electron chi connectivity index (χ4n) is 1.46. The van der Waals surface area contributed by atoms with Crippen molar-refractivity contribution in [3.05, 3.63) is 40.5 Å². The highest BCUT2D eigenvalue weighted by Gasteiger charge is 2.07. The van der Waals surface area contributed by atoms with E-state index in [-0.39, 0.29) is 0 Å². The Labute approximate surface area is 103 Å². The molecule has 0 saturated heterocycles. The van der Waals surface area contributed by atoms with Crippen LogP contribution in [0.25, 0.3) is 11.4 Å². The number of aromatic nitrogens is 2. The number of hydrogen-bond acceptors (Lipinski definition) is 3. The highest BCUT2D eigenvalue weighted by Crippen LogP contribution is 2.25. The molecular formula is C12H12BrN3.